The molecule has 0 aromatic heterocycles. The van der Waals surface area contributed by atoms with E-state index in [4.69, 9.17) is 0 Å². The number of rotatable bonds is 5. The third kappa shape index (κ3) is 5.45. The Kier molecular flexibility index (Phi) is 5.72. The van der Waals surface area contributed by atoms with Crippen molar-refractivity contribution in [1.82, 2.24) is 10.3 Å². The molecule has 0 aliphatic carbocycles. The summed E-state index contributed by atoms with van der Waals surface area (Å²) in [6.07, 6.45) is 0.763. The molecular weight excluding hydrogens is 304 g/mol. The molecule has 24 heavy (non-hydrogen) atoms. The fourth-order valence-electron chi connectivity index (χ4n) is 2.62. The van der Waals surface area contributed by atoms with Crippen LogP contribution in [0.4, 0.5) is 0 Å². The topological polar surface area (TPSA) is 66.2 Å². The minimum Gasteiger partial charge on any atom is -0.347 e. The normalized spacial score (nSPS) is 15.8. The minimum atomic E-state index is -0.259. The zero-order valence-electron chi connectivity index (χ0n) is 14.9. The van der Waals surface area contributed by atoms with Crippen LogP contribution in [-0.2, 0) is 9.59 Å². The predicted octanol–water partition coefficient (Wildman–Crippen LogP) is 0.0524. The van der Waals surface area contributed by atoms with E-state index in [1.54, 1.807) is 0 Å². The summed E-state index contributed by atoms with van der Waals surface area (Å²) >= 11 is 0. The van der Waals surface area contributed by atoms with Crippen molar-refractivity contribution >= 4 is 17.5 Å². The van der Waals surface area contributed by atoms with E-state index in [2.05, 4.69) is 10.4 Å². The third-order valence-electron chi connectivity index (χ3n) is 3.63. The molecule has 1 aliphatic rings. The Balaban J connectivity index is 1.87. The largest absolute Gasteiger partial charge is 0.347 e. The monoisotopic (exact) mass is 331 g/mol. The second-order valence-corrected chi connectivity index (χ2v) is 7.29. The van der Waals surface area contributed by atoms with Crippen molar-refractivity contribution < 1.29 is 14.5 Å². The first-order chi connectivity index (χ1) is 11.2. The molecule has 2 rings (SSSR count). The molecule has 0 fully saturated rings. The number of carbonyl (C=O) groups excluding carboxylic acids is 2. The van der Waals surface area contributed by atoms with Gasteiger partial charge < -0.3 is 10.2 Å². The maximum atomic E-state index is 12.4. The van der Waals surface area contributed by atoms with Gasteiger partial charge in [0.05, 0.1) is 19.3 Å². The highest BCUT2D eigenvalue weighted by Crippen LogP contribution is 2.13. The van der Waals surface area contributed by atoms with Gasteiger partial charge in [0.25, 0.3) is 11.8 Å². The van der Waals surface area contributed by atoms with Crippen molar-refractivity contribution in [3.05, 3.63) is 35.9 Å². The lowest BCUT2D eigenvalue weighted by Crippen LogP contribution is -3.11. The van der Waals surface area contributed by atoms with Gasteiger partial charge in [0, 0.05) is 12.0 Å². The van der Waals surface area contributed by atoms with Crippen LogP contribution < -0.4 is 10.2 Å². The molecule has 0 bridgehead atoms. The molecule has 6 heteroatoms. The number of likely N-dealkylation sites (N-methyl/N-ethyl adjacent to an activating group) is 1. The van der Waals surface area contributed by atoms with Gasteiger partial charge in [0.15, 0.2) is 13.1 Å². The van der Waals surface area contributed by atoms with Crippen LogP contribution in [0.5, 0.6) is 0 Å². The van der Waals surface area contributed by atoms with Gasteiger partial charge in [-0.15, -0.1) is 0 Å². The molecule has 130 valence electrons. The van der Waals surface area contributed by atoms with Gasteiger partial charge in [-0.25, -0.2) is 5.01 Å². The predicted molar refractivity (Wildman–Crippen MR) is 93.8 cm³/mol. The molecule has 1 atom stereocenters. The van der Waals surface area contributed by atoms with Crippen LogP contribution in [-0.4, -0.2) is 54.8 Å². The summed E-state index contributed by atoms with van der Waals surface area (Å²) in [6.45, 7) is 6.94. The average Bonchev–Trinajstić information content (AvgIpc) is 2.95. The number of benzene rings is 1. The van der Waals surface area contributed by atoms with Crippen LogP contribution in [0.15, 0.2) is 35.4 Å². The quantitative estimate of drug-likeness (QED) is 0.801. The van der Waals surface area contributed by atoms with Crippen LogP contribution in [0.25, 0.3) is 0 Å². The van der Waals surface area contributed by atoms with Gasteiger partial charge in [-0.05, 0) is 26.3 Å². The maximum absolute atomic E-state index is 12.4. The molecule has 0 saturated heterocycles. The summed E-state index contributed by atoms with van der Waals surface area (Å²) in [4.78, 5) is 25.1. The summed E-state index contributed by atoms with van der Waals surface area (Å²) in [5.41, 5.74) is 1.73. The third-order valence-corrected chi connectivity index (χ3v) is 3.63. The first kappa shape index (κ1) is 18.1. The molecule has 0 saturated carbocycles. The number of nitrogens with zero attached hydrogens (tertiary/aromatic N) is 2. The molecule has 1 heterocycles. The van der Waals surface area contributed by atoms with E-state index in [9.17, 15) is 9.59 Å². The second-order valence-electron chi connectivity index (χ2n) is 7.29. The zero-order chi connectivity index (χ0) is 17.7. The molecule has 1 aromatic carbocycles. The Morgan fingerprint density at radius 2 is 1.88 bits per heavy atom. The van der Waals surface area contributed by atoms with Crippen LogP contribution in [0.3, 0.4) is 0 Å². The van der Waals surface area contributed by atoms with E-state index >= 15 is 0 Å². The van der Waals surface area contributed by atoms with Crippen LogP contribution in [0.2, 0.25) is 0 Å². The molecule has 2 N–H and O–H groups in total. The smallest absolute Gasteiger partial charge is 0.297 e. The van der Waals surface area contributed by atoms with Crippen LogP contribution >= 0.6 is 0 Å². The zero-order valence-corrected chi connectivity index (χ0v) is 14.9. The summed E-state index contributed by atoms with van der Waals surface area (Å²) in [7, 11) is 1.85. The Labute approximate surface area is 143 Å². The fraction of sp³-hybridized carbons (Fsp3) is 0.500. The molecule has 2 amide bonds. The molecule has 1 aliphatic heterocycles. The Bertz CT molecular complexity index is 620. The number of hydrazone groups is 1. The summed E-state index contributed by atoms with van der Waals surface area (Å²) in [6, 6.07) is 9.90. The van der Waals surface area contributed by atoms with E-state index in [0.717, 1.165) is 22.6 Å². The van der Waals surface area contributed by atoms with E-state index in [0.29, 0.717) is 6.54 Å². The van der Waals surface area contributed by atoms with Gasteiger partial charge in [0.2, 0.25) is 0 Å². The molecule has 0 radical (unpaired) electrons. The first-order valence-corrected chi connectivity index (χ1v) is 8.30. The van der Waals surface area contributed by atoms with Crippen LogP contribution in [0.1, 0.15) is 32.8 Å². The van der Waals surface area contributed by atoms with Crippen molar-refractivity contribution in [2.75, 3.05) is 26.7 Å². The SMILES string of the molecule is C[NH+](CC(=O)NC(C)(C)C)CC(=O)N1CCC(c2ccccc2)=N1. The van der Waals surface area contributed by atoms with Gasteiger partial charge in [-0.2, -0.15) is 5.10 Å². The van der Waals surface area contributed by atoms with Crippen molar-refractivity contribution in [3.8, 4) is 0 Å². The standard InChI is InChI=1S/C18H26N4O2/c1-18(2,3)19-16(23)12-21(4)13-17(24)22-11-10-15(20-22)14-8-6-5-7-9-14/h5-9H,10-13H2,1-4H3,(H,19,23)/p+1. The average molecular weight is 331 g/mol. The number of nitrogens with one attached hydrogen (secondary N) is 2. The van der Waals surface area contributed by atoms with E-state index < -0.39 is 0 Å². The van der Waals surface area contributed by atoms with Crippen LogP contribution in [0, 0.1) is 0 Å². The molecule has 6 nitrogen and oxygen atoms in total. The fourth-order valence-corrected chi connectivity index (χ4v) is 2.62. The Morgan fingerprint density at radius 1 is 1.21 bits per heavy atom. The molecular formula is C18H27N4O2+. The number of quaternary nitrogens is 1. The highest BCUT2D eigenvalue weighted by molar-refractivity contribution is 6.02. The minimum absolute atomic E-state index is 0.0531. The van der Waals surface area contributed by atoms with Gasteiger partial charge in [-0.3, -0.25) is 9.59 Å². The highest BCUT2D eigenvalue weighted by atomic mass is 16.2. The highest BCUT2D eigenvalue weighted by Gasteiger charge is 2.25. The van der Waals surface area contributed by atoms with E-state index in [-0.39, 0.29) is 30.4 Å². The van der Waals surface area contributed by atoms with Crippen molar-refractivity contribution in [2.24, 2.45) is 5.10 Å². The lowest BCUT2D eigenvalue weighted by atomic mass is 10.1. The van der Waals surface area contributed by atoms with Gasteiger partial charge >= 0.3 is 0 Å². The summed E-state index contributed by atoms with van der Waals surface area (Å²) in [5.74, 6) is -0.107. The Hall–Kier alpha value is -2.21. The van der Waals surface area contributed by atoms with Crippen molar-refractivity contribution in [1.29, 1.82) is 0 Å². The second kappa shape index (κ2) is 7.57. The van der Waals surface area contributed by atoms with Crippen molar-refractivity contribution in [3.63, 3.8) is 0 Å². The molecule has 1 unspecified atom stereocenters. The van der Waals surface area contributed by atoms with E-state index in [1.807, 2.05) is 58.2 Å². The first-order valence-electron chi connectivity index (χ1n) is 8.30. The number of hydrogen-bond acceptors (Lipinski definition) is 3. The van der Waals surface area contributed by atoms with Crippen molar-refractivity contribution in [2.45, 2.75) is 32.7 Å². The number of carbonyl (C=O) groups is 2. The lowest BCUT2D eigenvalue weighted by molar-refractivity contribution is -0.863. The lowest BCUT2D eigenvalue weighted by Gasteiger charge is -2.22. The summed E-state index contributed by atoms with van der Waals surface area (Å²) in [5, 5.41) is 8.87. The Morgan fingerprint density at radius 3 is 2.50 bits per heavy atom. The summed E-state index contributed by atoms with van der Waals surface area (Å²) < 4.78 is 0. The van der Waals surface area contributed by atoms with Gasteiger partial charge in [0.1, 0.15) is 0 Å². The molecule has 0 spiro atoms. The van der Waals surface area contributed by atoms with E-state index in [1.165, 1.54) is 5.01 Å². The maximum Gasteiger partial charge on any atom is 0.297 e. The van der Waals surface area contributed by atoms with Gasteiger partial charge in [-0.1, -0.05) is 30.3 Å². The number of hydrogen-bond donors (Lipinski definition) is 2. The molecule has 1 aromatic rings. The number of amides is 2.